The van der Waals surface area contributed by atoms with Gasteiger partial charge in [-0.3, -0.25) is 0 Å². The highest BCUT2D eigenvalue weighted by Gasteiger charge is 2.14. The maximum Gasteiger partial charge on any atom is 0.315 e. The number of aromatic nitrogens is 2. The Bertz CT molecular complexity index is 686. The number of carbonyl (C=O) groups excluding carboxylic acids is 1. The molecule has 0 fully saturated rings. The van der Waals surface area contributed by atoms with Crippen LogP contribution in [-0.2, 0) is 0 Å². The summed E-state index contributed by atoms with van der Waals surface area (Å²) in [6, 6.07) is 3.63. The number of nitrogens with one attached hydrogen (secondary N) is 2. The SMILES string of the molecule is Cc1cnn(-c2ccc(C(C)NC(=O)NC(C)CO)cc2F)c1. The number of rotatable bonds is 5. The van der Waals surface area contributed by atoms with E-state index >= 15 is 0 Å². The monoisotopic (exact) mass is 320 g/mol. The molecule has 0 aliphatic carbocycles. The molecule has 124 valence electrons. The van der Waals surface area contributed by atoms with Gasteiger partial charge in [0.2, 0.25) is 0 Å². The Labute approximate surface area is 134 Å². The van der Waals surface area contributed by atoms with Crippen LogP contribution in [0.2, 0.25) is 0 Å². The molecule has 0 aliphatic rings. The lowest BCUT2D eigenvalue weighted by Gasteiger charge is -2.18. The topological polar surface area (TPSA) is 79.2 Å². The second kappa shape index (κ2) is 7.23. The van der Waals surface area contributed by atoms with Gasteiger partial charge in [-0.15, -0.1) is 0 Å². The van der Waals surface area contributed by atoms with Crippen LogP contribution in [0.25, 0.3) is 5.69 Å². The van der Waals surface area contributed by atoms with Gasteiger partial charge in [-0.25, -0.2) is 13.9 Å². The first kappa shape index (κ1) is 17.0. The predicted molar refractivity (Wildman–Crippen MR) is 84.9 cm³/mol. The van der Waals surface area contributed by atoms with E-state index in [2.05, 4.69) is 15.7 Å². The van der Waals surface area contributed by atoms with E-state index in [9.17, 15) is 9.18 Å². The fraction of sp³-hybridized carbons (Fsp3) is 0.375. The summed E-state index contributed by atoms with van der Waals surface area (Å²) in [7, 11) is 0. The zero-order chi connectivity index (χ0) is 17.0. The summed E-state index contributed by atoms with van der Waals surface area (Å²) in [5, 5.41) is 18.3. The number of carbonyl (C=O) groups is 1. The van der Waals surface area contributed by atoms with Gasteiger partial charge < -0.3 is 15.7 Å². The molecule has 0 saturated heterocycles. The lowest BCUT2D eigenvalue weighted by Crippen LogP contribution is -2.43. The minimum atomic E-state index is -0.414. The van der Waals surface area contributed by atoms with Gasteiger partial charge in [0.15, 0.2) is 0 Å². The predicted octanol–water partition coefficient (Wildman–Crippen LogP) is 2.06. The molecule has 2 aromatic rings. The largest absolute Gasteiger partial charge is 0.394 e. The van der Waals surface area contributed by atoms with Crippen LogP contribution in [-0.4, -0.2) is 33.6 Å². The minimum absolute atomic E-state index is 0.144. The van der Waals surface area contributed by atoms with Crippen LogP contribution in [0.15, 0.2) is 30.6 Å². The second-order valence-corrected chi connectivity index (χ2v) is 5.60. The first-order chi connectivity index (χ1) is 10.9. The Morgan fingerprint density at radius 2 is 2.13 bits per heavy atom. The van der Waals surface area contributed by atoms with Crippen molar-refractivity contribution in [3.8, 4) is 5.69 Å². The zero-order valence-corrected chi connectivity index (χ0v) is 13.4. The molecule has 0 saturated carbocycles. The summed E-state index contributed by atoms with van der Waals surface area (Å²) in [4.78, 5) is 11.7. The molecule has 2 atom stereocenters. The Hall–Kier alpha value is -2.41. The van der Waals surface area contributed by atoms with Crippen molar-refractivity contribution in [3.63, 3.8) is 0 Å². The van der Waals surface area contributed by atoms with E-state index < -0.39 is 11.8 Å². The van der Waals surface area contributed by atoms with Crippen LogP contribution in [0, 0.1) is 12.7 Å². The second-order valence-electron chi connectivity index (χ2n) is 5.60. The Balaban J connectivity index is 2.09. The van der Waals surface area contributed by atoms with Gasteiger partial charge in [-0.1, -0.05) is 6.07 Å². The van der Waals surface area contributed by atoms with Crippen LogP contribution >= 0.6 is 0 Å². The fourth-order valence-corrected chi connectivity index (χ4v) is 2.11. The average molecular weight is 320 g/mol. The number of hydrogen-bond acceptors (Lipinski definition) is 3. The molecule has 0 bridgehead atoms. The fourth-order valence-electron chi connectivity index (χ4n) is 2.11. The van der Waals surface area contributed by atoms with E-state index in [1.165, 1.54) is 10.7 Å². The van der Waals surface area contributed by atoms with E-state index in [1.54, 1.807) is 38.4 Å². The molecule has 1 aromatic carbocycles. The van der Waals surface area contributed by atoms with Crippen LogP contribution in [0.1, 0.15) is 31.0 Å². The van der Waals surface area contributed by atoms with Crippen molar-refractivity contribution in [2.24, 2.45) is 0 Å². The lowest BCUT2D eigenvalue weighted by molar-refractivity contribution is 0.218. The number of aryl methyl sites for hydroxylation is 1. The molecular weight excluding hydrogens is 299 g/mol. The first-order valence-corrected chi connectivity index (χ1v) is 7.39. The highest BCUT2D eigenvalue weighted by Crippen LogP contribution is 2.19. The van der Waals surface area contributed by atoms with Crippen molar-refractivity contribution in [3.05, 3.63) is 47.5 Å². The Morgan fingerprint density at radius 3 is 2.70 bits per heavy atom. The molecule has 0 aliphatic heterocycles. The molecule has 2 amide bonds. The third-order valence-corrected chi connectivity index (χ3v) is 3.43. The van der Waals surface area contributed by atoms with Gasteiger partial charge in [0.05, 0.1) is 24.9 Å². The van der Waals surface area contributed by atoms with Crippen LogP contribution in [0.3, 0.4) is 0 Å². The molecule has 0 spiro atoms. The number of nitrogens with zero attached hydrogens (tertiary/aromatic N) is 2. The van der Waals surface area contributed by atoms with Crippen LogP contribution in [0.4, 0.5) is 9.18 Å². The standard InChI is InChI=1S/C16H21FN4O2/c1-10-7-18-21(8-10)15-5-4-13(6-14(15)17)12(3)20-16(23)19-11(2)9-22/h4-8,11-12,22H,9H2,1-3H3,(H2,19,20,23). The number of hydrogen-bond donors (Lipinski definition) is 3. The average Bonchev–Trinajstić information content (AvgIpc) is 2.92. The highest BCUT2D eigenvalue weighted by atomic mass is 19.1. The van der Waals surface area contributed by atoms with E-state index in [4.69, 9.17) is 5.11 Å². The quantitative estimate of drug-likeness (QED) is 0.789. The van der Waals surface area contributed by atoms with E-state index in [0.717, 1.165) is 5.56 Å². The van der Waals surface area contributed by atoms with Crippen LogP contribution in [0.5, 0.6) is 0 Å². The van der Waals surface area contributed by atoms with Gasteiger partial charge in [-0.2, -0.15) is 5.10 Å². The molecular formula is C16H21FN4O2. The number of aliphatic hydroxyl groups is 1. The summed E-state index contributed by atoms with van der Waals surface area (Å²) in [5.41, 5.74) is 1.94. The van der Waals surface area contributed by atoms with Crippen molar-refractivity contribution in [2.75, 3.05) is 6.61 Å². The molecule has 3 N–H and O–H groups in total. The summed E-state index contributed by atoms with van der Waals surface area (Å²) >= 11 is 0. The van der Waals surface area contributed by atoms with Crippen molar-refractivity contribution in [1.29, 1.82) is 0 Å². The highest BCUT2D eigenvalue weighted by molar-refractivity contribution is 5.74. The normalized spacial score (nSPS) is 13.4. The van der Waals surface area contributed by atoms with Gasteiger partial charge >= 0.3 is 6.03 Å². The molecule has 1 aromatic heterocycles. The van der Waals surface area contributed by atoms with Gasteiger partial charge in [0.1, 0.15) is 11.5 Å². The van der Waals surface area contributed by atoms with E-state index in [-0.39, 0.29) is 18.7 Å². The number of urea groups is 1. The molecule has 1 heterocycles. The zero-order valence-electron chi connectivity index (χ0n) is 13.4. The van der Waals surface area contributed by atoms with Crippen molar-refractivity contribution in [1.82, 2.24) is 20.4 Å². The van der Waals surface area contributed by atoms with Crippen molar-refractivity contribution >= 4 is 6.03 Å². The van der Waals surface area contributed by atoms with Gasteiger partial charge in [0, 0.05) is 6.20 Å². The Kier molecular flexibility index (Phi) is 5.33. The van der Waals surface area contributed by atoms with E-state index in [0.29, 0.717) is 11.3 Å². The molecule has 7 heteroatoms. The summed E-state index contributed by atoms with van der Waals surface area (Å²) < 4.78 is 15.8. The number of aliphatic hydroxyl groups excluding tert-OH is 1. The smallest absolute Gasteiger partial charge is 0.315 e. The molecule has 6 nitrogen and oxygen atoms in total. The molecule has 0 radical (unpaired) electrons. The molecule has 2 unspecified atom stereocenters. The lowest BCUT2D eigenvalue weighted by atomic mass is 10.1. The summed E-state index contributed by atoms with van der Waals surface area (Å²) in [6.07, 6.45) is 3.40. The Morgan fingerprint density at radius 1 is 1.39 bits per heavy atom. The maximum absolute atomic E-state index is 14.3. The van der Waals surface area contributed by atoms with Gasteiger partial charge in [0.25, 0.3) is 0 Å². The number of halogens is 1. The first-order valence-electron chi connectivity index (χ1n) is 7.39. The third-order valence-electron chi connectivity index (χ3n) is 3.43. The van der Waals surface area contributed by atoms with Crippen LogP contribution < -0.4 is 10.6 Å². The number of benzene rings is 1. The third kappa shape index (κ3) is 4.29. The van der Waals surface area contributed by atoms with Crippen molar-refractivity contribution in [2.45, 2.75) is 32.9 Å². The summed E-state index contributed by atoms with van der Waals surface area (Å²) in [5.74, 6) is -0.414. The summed E-state index contributed by atoms with van der Waals surface area (Å²) in [6.45, 7) is 5.18. The van der Waals surface area contributed by atoms with Gasteiger partial charge in [-0.05, 0) is 44.0 Å². The minimum Gasteiger partial charge on any atom is -0.394 e. The van der Waals surface area contributed by atoms with Crippen molar-refractivity contribution < 1.29 is 14.3 Å². The molecule has 23 heavy (non-hydrogen) atoms. The maximum atomic E-state index is 14.3. The number of amides is 2. The van der Waals surface area contributed by atoms with E-state index in [1.807, 2.05) is 6.92 Å². The molecule has 2 rings (SSSR count).